The van der Waals surface area contributed by atoms with E-state index in [4.69, 9.17) is 14.5 Å². The van der Waals surface area contributed by atoms with Crippen molar-refractivity contribution >= 4 is 11.9 Å². The van der Waals surface area contributed by atoms with Crippen LogP contribution in [0.3, 0.4) is 0 Å². The smallest absolute Gasteiger partial charge is 0.248 e. The third-order valence-electron chi connectivity index (χ3n) is 4.70. The molecule has 7 heteroatoms. The molecule has 1 saturated heterocycles. The van der Waals surface area contributed by atoms with E-state index in [0.29, 0.717) is 32.3 Å². The molecule has 0 bridgehead atoms. The number of carbonyl (C=O) groups excluding carboxylic acids is 1. The Hall–Kier alpha value is -1.73. The van der Waals surface area contributed by atoms with Crippen LogP contribution in [0.4, 0.5) is 5.95 Å². The van der Waals surface area contributed by atoms with Crippen LogP contribution in [0.1, 0.15) is 23.4 Å². The minimum atomic E-state index is -0.227. The summed E-state index contributed by atoms with van der Waals surface area (Å²) < 4.78 is 10.8. The van der Waals surface area contributed by atoms with E-state index in [2.05, 4.69) is 4.98 Å². The number of likely N-dealkylation sites (tertiary alicyclic amines) is 1. The molecule has 23 heavy (non-hydrogen) atoms. The van der Waals surface area contributed by atoms with Crippen LogP contribution in [0.25, 0.3) is 0 Å². The number of nitrogens with zero attached hydrogens (tertiary/aromatic N) is 4. The summed E-state index contributed by atoms with van der Waals surface area (Å²) in [6.07, 6.45) is 0.860. The molecule has 2 aliphatic rings. The molecular formula is C16H24N4O3. The van der Waals surface area contributed by atoms with Crippen molar-refractivity contribution in [2.75, 3.05) is 52.4 Å². The van der Waals surface area contributed by atoms with Gasteiger partial charge in [-0.3, -0.25) is 4.79 Å². The van der Waals surface area contributed by atoms with Gasteiger partial charge < -0.3 is 19.3 Å². The zero-order valence-corrected chi connectivity index (χ0v) is 14.3. The van der Waals surface area contributed by atoms with Gasteiger partial charge in [0, 0.05) is 45.6 Å². The lowest BCUT2D eigenvalue weighted by atomic mass is 9.80. The Morgan fingerprint density at radius 3 is 2.91 bits per heavy atom. The number of ether oxygens (including phenoxy) is 2. The van der Waals surface area contributed by atoms with Crippen LogP contribution in [-0.4, -0.2) is 68.3 Å². The van der Waals surface area contributed by atoms with Crippen molar-refractivity contribution in [1.82, 2.24) is 14.9 Å². The first-order valence-corrected chi connectivity index (χ1v) is 7.86. The molecule has 126 valence electrons. The molecule has 0 N–H and O–H groups in total. The van der Waals surface area contributed by atoms with Gasteiger partial charge in [-0.05, 0) is 13.3 Å². The van der Waals surface area contributed by atoms with Gasteiger partial charge in [0.15, 0.2) is 0 Å². The molecule has 1 aromatic heterocycles. The Bertz CT molecular complexity index is 620. The summed E-state index contributed by atoms with van der Waals surface area (Å²) in [6, 6.07) is 0. The van der Waals surface area contributed by atoms with Gasteiger partial charge >= 0.3 is 0 Å². The average molecular weight is 320 g/mol. The molecule has 1 fully saturated rings. The number of amides is 1. The summed E-state index contributed by atoms with van der Waals surface area (Å²) in [6.45, 7) is 4.60. The second-order valence-electron chi connectivity index (χ2n) is 6.60. The molecular weight excluding hydrogens is 296 g/mol. The molecule has 0 aromatic carbocycles. The van der Waals surface area contributed by atoms with Crippen LogP contribution < -0.4 is 4.90 Å². The topological polar surface area (TPSA) is 67.8 Å². The Morgan fingerprint density at radius 2 is 2.22 bits per heavy atom. The number of fused-ring (bicyclic) bond motifs is 2. The van der Waals surface area contributed by atoms with Crippen molar-refractivity contribution in [2.24, 2.45) is 0 Å². The van der Waals surface area contributed by atoms with Crippen molar-refractivity contribution in [1.29, 1.82) is 0 Å². The van der Waals surface area contributed by atoms with E-state index < -0.39 is 0 Å². The molecule has 0 radical (unpaired) electrons. The normalized spacial score (nSPS) is 23.2. The summed E-state index contributed by atoms with van der Waals surface area (Å²) in [4.78, 5) is 25.3. The summed E-state index contributed by atoms with van der Waals surface area (Å²) in [5, 5.41) is 0. The predicted molar refractivity (Wildman–Crippen MR) is 85.5 cm³/mol. The highest BCUT2D eigenvalue weighted by Gasteiger charge is 2.46. The summed E-state index contributed by atoms with van der Waals surface area (Å²) in [5.74, 6) is 0.735. The SMILES string of the molecule is COCC(=O)N1CCC2(COCc3c(C)nc(N(C)C)nc32)C1. The van der Waals surface area contributed by atoms with Gasteiger partial charge in [-0.15, -0.1) is 0 Å². The van der Waals surface area contributed by atoms with Crippen LogP contribution in [0.5, 0.6) is 0 Å². The number of hydrogen-bond donors (Lipinski definition) is 0. The number of anilines is 1. The molecule has 1 amide bonds. The number of rotatable bonds is 3. The minimum Gasteiger partial charge on any atom is -0.376 e. The Balaban J connectivity index is 1.97. The summed E-state index contributed by atoms with van der Waals surface area (Å²) in [7, 11) is 5.43. The molecule has 1 spiro atoms. The van der Waals surface area contributed by atoms with E-state index in [1.807, 2.05) is 30.8 Å². The van der Waals surface area contributed by atoms with Gasteiger partial charge in [0.2, 0.25) is 11.9 Å². The van der Waals surface area contributed by atoms with Crippen LogP contribution in [-0.2, 0) is 26.3 Å². The van der Waals surface area contributed by atoms with Gasteiger partial charge in [0.25, 0.3) is 0 Å². The van der Waals surface area contributed by atoms with E-state index in [0.717, 1.165) is 23.4 Å². The van der Waals surface area contributed by atoms with Crippen LogP contribution >= 0.6 is 0 Å². The third kappa shape index (κ3) is 2.79. The monoisotopic (exact) mass is 320 g/mol. The number of aromatic nitrogens is 2. The lowest BCUT2D eigenvalue weighted by Crippen LogP contribution is -2.43. The fourth-order valence-electron chi connectivity index (χ4n) is 3.42. The largest absolute Gasteiger partial charge is 0.376 e. The highest BCUT2D eigenvalue weighted by atomic mass is 16.5. The van der Waals surface area contributed by atoms with Gasteiger partial charge in [-0.25, -0.2) is 9.97 Å². The van der Waals surface area contributed by atoms with Gasteiger partial charge in [-0.1, -0.05) is 0 Å². The van der Waals surface area contributed by atoms with Crippen molar-refractivity contribution in [3.8, 4) is 0 Å². The van der Waals surface area contributed by atoms with Crippen molar-refractivity contribution < 1.29 is 14.3 Å². The number of hydrogen-bond acceptors (Lipinski definition) is 6. The maximum atomic E-state index is 12.1. The van der Waals surface area contributed by atoms with Gasteiger partial charge in [0.05, 0.1) is 24.3 Å². The van der Waals surface area contributed by atoms with E-state index in [1.54, 1.807) is 7.11 Å². The van der Waals surface area contributed by atoms with Gasteiger partial charge in [-0.2, -0.15) is 0 Å². The zero-order chi connectivity index (χ0) is 16.6. The third-order valence-corrected chi connectivity index (χ3v) is 4.70. The second-order valence-corrected chi connectivity index (χ2v) is 6.60. The fourth-order valence-corrected chi connectivity index (χ4v) is 3.42. The van der Waals surface area contributed by atoms with Crippen molar-refractivity contribution in [2.45, 2.75) is 25.4 Å². The van der Waals surface area contributed by atoms with Crippen molar-refractivity contribution in [3.05, 3.63) is 17.0 Å². The van der Waals surface area contributed by atoms with Crippen LogP contribution in [0.2, 0.25) is 0 Å². The molecule has 1 aromatic rings. The number of methoxy groups -OCH3 is 1. The maximum absolute atomic E-state index is 12.1. The summed E-state index contributed by atoms with van der Waals surface area (Å²) in [5.41, 5.74) is 2.85. The predicted octanol–water partition coefficient (Wildman–Crippen LogP) is 0.498. The van der Waals surface area contributed by atoms with Crippen LogP contribution in [0.15, 0.2) is 0 Å². The molecule has 3 rings (SSSR count). The summed E-state index contributed by atoms with van der Waals surface area (Å²) >= 11 is 0. The first-order chi connectivity index (χ1) is 11.0. The molecule has 3 heterocycles. The lowest BCUT2D eigenvalue weighted by molar-refractivity contribution is -0.134. The quantitative estimate of drug-likeness (QED) is 0.808. The number of carbonyl (C=O) groups is 1. The average Bonchev–Trinajstić information content (AvgIpc) is 2.93. The lowest BCUT2D eigenvalue weighted by Gasteiger charge is -2.35. The molecule has 1 atom stereocenters. The Morgan fingerprint density at radius 1 is 1.43 bits per heavy atom. The zero-order valence-electron chi connectivity index (χ0n) is 14.3. The fraction of sp³-hybridized carbons (Fsp3) is 0.688. The molecule has 2 aliphatic heterocycles. The first-order valence-electron chi connectivity index (χ1n) is 7.86. The van der Waals surface area contributed by atoms with E-state index in [-0.39, 0.29) is 17.9 Å². The minimum absolute atomic E-state index is 0.0232. The molecule has 0 aliphatic carbocycles. The molecule has 7 nitrogen and oxygen atoms in total. The highest BCUT2D eigenvalue weighted by Crippen LogP contribution is 2.40. The number of aryl methyl sites for hydroxylation is 1. The van der Waals surface area contributed by atoms with Gasteiger partial charge in [0.1, 0.15) is 6.61 Å². The maximum Gasteiger partial charge on any atom is 0.248 e. The Labute approximate surface area is 136 Å². The first kappa shape index (κ1) is 16.1. The van der Waals surface area contributed by atoms with Crippen molar-refractivity contribution in [3.63, 3.8) is 0 Å². The Kier molecular flexibility index (Phi) is 4.25. The van der Waals surface area contributed by atoms with Crippen LogP contribution in [0, 0.1) is 6.92 Å². The van der Waals surface area contributed by atoms with E-state index in [9.17, 15) is 4.79 Å². The highest BCUT2D eigenvalue weighted by molar-refractivity contribution is 5.78. The molecule has 1 unspecified atom stereocenters. The second kappa shape index (κ2) is 6.05. The van der Waals surface area contributed by atoms with E-state index in [1.165, 1.54) is 0 Å². The van der Waals surface area contributed by atoms with E-state index >= 15 is 0 Å². The standard InChI is InChI=1S/C16H24N4O3/c1-11-12-7-23-10-16(14(12)18-15(17-11)19(2)3)5-6-20(9-16)13(21)8-22-4/h5-10H2,1-4H3. The molecule has 0 saturated carbocycles.